The number of phenolic OH excluding ortho intramolecular Hbond substituents is 1. The van der Waals surface area contributed by atoms with Crippen LogP contribution in [0.15, 0.2) is 48.5 Å². The maximum absolute atomic E-state index is 14.5. The van der Waals surface area contributed by atoms with Gasteiger partial charge in [0.15, 0.2) is 11.6 Å². The summed E-state index contributed by atoms with van der Waals surface area (Å²) in [5, 5.41) is 21.7. The van der Waals surface area contributed by atoms with Gasteiger partial charge in [0.1, 0.15) is 27.6 Å². The first-order chi connectivity index (χ1) is 16.2. The van der Waals surface area contributed by atoms with E-state index < -0.39 is 23.0 Å². The van der Waals surface area contributed by atoms with Crippen molar-refractivity contribution >= 4 is 46.8 Å². The number of nitrogens with one attached hydrogen (secondary N) is 1. The Bertz CT molecular complexity index is 1170. The number of anilines is 1. The highest BCUT2D eigenvalue weighted by Crippen LogP contribution is 2.42. The zero-order chi connectivity index (χ0) is 24.8. The quantitative estimate of drug-likeness (QED) is 0.228. The maximum atomic E-state index is 14.5. The molecule has 3 aromatic rings. The van der Waals surface area contributed by atoms with Crippen molar-refractivity contribution in [3.63, 3.8) is 0 Å². The van der Waals surface area contributed by atoms with Crippen molar-refractivity contribution in [3.8, 4) is 17.2 Å². The molecule has 0 saturated heterocycles. The monoisotopic (exact) mass is 540 g/mol. The molecule has 0 aliphatic rings. The molecule has 6 nitrogen and oxygen atoms in total. The normalized spacial score (nSPS) is 11.6. The molecule has 1 atom stereocenters. The summed E-state index contributed by atoms with van der Waals surface area (Å²) in [4.78, 5) is 15.5. The van der Waals surface area contributed by atoms with Gasteiger partial charge in [0.25, 0.3) is 0 Å². The zero-order valence-corrected chi connectivity index (χ0v) is 20.7. The predicted octanol–water partition coefficient (Wildman–Crippen LogP) is 7.58. The van der Waals surface area contributed by atoms with E-state index in [-0.39, 0.29) is 47.2 Å². The highest BCUT2D eigenvalue weighted by molar-refractivity contribution is 7.98. The SMILES string of the molecule is C.CC(C)c1cc(Oc2c(Cl)c(F)nc(N[C@@H](CSCc3ccccc3)C(=O)O)c2Cl)ccc1O. The lowest BCUT2D eigenvalue weighted by molar-refractivity contribution is -0.137. The Labute approximate surface area is 218 Å². The van der Waals surface area contributed by atoms with Crippen molar-refractivity contribution in [2.75, 3.05) is 11.1 Å². The first-order valence-electron chi connectivity index (χ1n) is 10.3. The molecule has 0 unspecified atom stereocenters. The number of hydrogen-bond acceptors (Lipinski definition) is 6. The van der Waals surface area contributed by atoms with Gasteiger partial charge in [-0.3, -0.25) is 0 Å². The van der Waals surface area contributed by atoms with Gasteiger partial charge in [0.2, 0.25) is 5.95 Å². The molecule has 0 aliphatic heterocycles. The summed E-state index contributed by atoms with van der Waals surface area (Å²) in [6.07, 6.45) is 0. The fourth-order valence-corrected chi connectivity index (χ4v) is 4.53. The Balaban J connectivity index is 0.00000432. The molecule has 35 heavy (non-hydrogen) atoms. The van der Waals surface area contributed by atoms with Gasteiger partial charge in [-0.2, -0.15) is 21.1 Å². The Hall–Kier alpha value is -2.68. The molecule has 0 amide bonds. The van der Waals surface area contributed by atoms with Crippen molar-refractivity contribution in [2.24, 2.45) is 0 Å². The van der Waals surface area contributed by atoms with Gasteiger partial charge in [0.05, 0.1) is 0 Å². The summed E-state index contributed by atoms with van der Waals surface area (Å²) in [7, 11) is 0. The highest BCUT2D eigenvalue weighted by atomic mass is 35.5. The van der Waals surface area contributed by atoms with Crippen LogP contribution in [0.25, 0.3) is 0 Å². The average molecular weight is 541 g/mol. The maximum Gasteiger partial charge on any atom is 0.327 e. The van der Waals surface area contributed by atoms with Crippen LogP contribution in [0.2, 0.25) is 10.0 Å². The number of hydrogen-bond donors (Lipinski definition) is 3. The highest BCUT2D eigenvalue weighted by Gasteiger charge is 2.25. The average Bonchev–Trinajstić information content (AvgIpc) is 2.80. The first-order valence-corrected chi connectivity index (χ1v) is 12.2. The van der Waals surface area contributed by atoms with Gasteiger partial charge < -0.3 is 20.3 Å². The molecule has 3 N–H and O–H groups in total. The van der Waals surface area contributed by atoms with E-state index >= 15 is 0 Å². The van der Waals surface area contributed by atoms with Crippen molar-refractivity contribution in [2.45, 2.75) is 39.0 Å². The van der Waals surface area contributed by atoms with Gasteiger partial charge in [-0.1, -0.05) is 74.8 Å². The van der Waals surface area contributed by atoms with Crippen LogP contribution < -0.4 is 10.1 Å². The fraction of sp³-hybridized carbons (Fsp3) is 0.280. The summed E-state index contributed by atoms with van der Waals surface area (Å²) < 4.78 is 20.2. The molecule has 10 heteroatoms. The summed E-state index contributed by atoms with van der Waals surface area (Å²) >= 11 is 13.9. The van der Waals surface area contributed by atoms with Crippen LogP contribution in [0.3, 0.4) is 0 Å². The Morgan fingerprint density at radius 2 is 1.86 bits per heavy atom. The van der Waals surface area contributed by atoms with Crippen molar-refractivity contribution in [1.82, 2.24) is 4.98 Å². The topological polar surface area (TPSA) is 91.7 Å². The minimum Gasteiger partial charge on any atom is -0.508 e. The molecule has 2 aromatic carbocycles. The summed E-state index contributed by atoms with van der Waals surface area (Å²) in [6.45, 7) is 3.80. The number of aliphatic carboxylic acids is 1. The van der Waals surface area contributed by atoms with E-state index in [1.54, 1.807) is 6.07 Å². The van der Waals surface area contributed by atoms with Crippen LogP contribution in [0.1, 0.15) is 38.3 Å². The first kappa shape index (κ1) is 28.6. The van der Waals surface area contributed by atoms with Gasteiger partial charge in [-0.05, 0) is 29.7 Å². The molecule has 188 valence electrons. The second kappa shape index (κ2) is 12.9. The van der Waals surface area contributed by atoms with E-state index in [0.717, 1.165) is 5.56 Å². The minimum absolute atomic E-state index is 0. The van der Waals surface area contributed by atoms with Crippen LogP contribution >= 0.6 is 35.0 Å². The lowest BCUT2D eigenvalue weighted by Crippen LogP contribution is -2.32. The number of carboxylic acids is 1. The van der Waals surface area contributed by atoms with E-state index in [4.69, 9.17) is 27.9 Å². The summed E-state index contributed by atoms with van der Waals surface area (Å²) in [5.74, 6) is -1.45. The number of aromatic nitrogens is 1. The smallest absolute Gasteiger partial charge is 0.327 e. The number of phenols is 1. The summed E-state index contributed by atoms with van der Waals surface area (Å²) in [5.41, 5.74) is 1.68. The van der Waals surface area contributed by atoms with E-state index in [9.17, 15) is 19.4 Å². The standard InChI is InChI=1S/C24H23Cl2FN2O4S.CH4/c1-13(2)16-10-15(8-9-18(16)30)33-21-19(25)22(27)29-23(20(21)26)28-17(24(31)32)12-34-11-14-6-4-3-5-7-14;/h3-10,13,17,30H,11-12H2,1-2H3,(H,28,29)(H,31,32);1H4/t17-;/m0./s1. The predicted molar refractivity (Wildman–Crippen MR) is 141 cm³/mol. The molecular weight excluding hydrogens is 514 g/mol. The number of carbonyl (C=O) groups is 1. The van der Waals surface area contributed by atoms with E-state index in [1.807, 2.05) is 44.2 Å². The molecule has 0 spiro atoms. The Kier molecular flexibility index (Phi) is 10.5. The molecule has 3 rings (SSSR count). The molecule has 0 saturated carbocycles. The number of pyridine rings is 1. The van der Waals surface area contributed by atoms with Crippen molar-refractivity contribution < 1.29 is 24.1 Å². The van der Waals surface area contributed by atoms with Crippen molar-refractivity contribution in [3.05, 3.63) is 75.7 Å². The van der Waals surface area contributed by atoms with Crippen LogP contribution in [0, 0.1) is 5.95 Å². The van der Waals surface area contributed by atoms with E-state index in [1.165, 1.54) is 23.9 Å². The number of aromatic hydroxyl groups is 1. The van der Waals surface area contributed by atoms with Crippen LogP contribution in [0.5, 0.6) is 17.2 Å². The van der Waals surface area contributed by atoms with Gasteiger partial charge >= 0.3 is 5.97 Å². The van der Waals surface area contributed by atoms with Crippen LogP contribution in [-0.4, -0.2) is 33.0 Å². The molecule has 1 aromatic heterocycles. The van der Waals surface area contributed by atoms with Crippen LogP contribution in [-0.2, 0) is 10.5 Å². The third-order valence-electron chi connectivity index (χ3n) is 4.84. The Morgan fingerprint density at radius 1 is 1.17 bits per heavy atom. The Morgan fingerprint density at radius 3 is 2.49 bits per heavy atom. The fourth-order valence-electron chi connectivity index (χ4n) is 3.06. The molecule has 0 fully saturated rings. The number of thioether (sulfide) groups is 1. The number of rotatable bonds is 10. The second-order valence-corrected chi connectivity index (χ2v) is 9.51. The van der Waals surface area contributed by atoms with E-state index in [2.05, 4.69) is 10.3 Å². The number of nitrogens with zero attached hydrogens (tertiary/aromatic N) is 1. The zero-order valence-electron chi connectivity index (χ0n) is 18.4. The van der Waals surface area contributed by atoms with Crippen molar-refractivity contribution in [1.29, 1.82) is 0 Å². The second-order valence-electron chi connectivity index (χ2n) is 7.72. The third kappa shape index (κ3) is 7.40. The molecular formula is C25H27Cl2FN2O4S. The lowest BCUT2D eigenvalue weighted by Gasteiger charge is -2.18. The number of halogens is 3. The van der Waals surface area contributed by atoms with Gasteiger partial charge in [0, 0.05) is 17.1 Å². The van der Waals surface area contributed by atoms with E-state index in [0.29, 0.717) is 11.3 Å². The van der Waals surface area contributed by atoms with Gasteiger partial charge in [-0.15, -0.1) is 0 Å². The third-order valence-corrected chi connectivity index (χ3v) is 6.63. The molecule has 1 heterocycles. The minimum atomic E-state index is -1.14. The number of ether oxygens (including phenoxy) is 1. The number of carboxylic acid groups (broad SMARTS) is 1. The lowest BCUT2D eigenvalue weighted by atomic mass is 10.0. The van der Waals surface area contributed by atoms with Crippen LogP contribution in [0.4, 0.5) is 10.2 Å². The largest absolute Gasteiger partial charge is 0.508 e. The number of benzene rings is 2. The molecule has 0 aliphatic carbocycles. The summed E-state index contributed by atoms with van der Waals surface area (Å²) in [6, 6.07) is 13.0. The molecule has 0 bridgehead atoms. The van der Waals surface area contributed by atoms with Gasteiger partial charge in [-0.25, -0.2) is 4.79 Å². The molecule has 0 radical (unpaired) electrons.